The summed E-state index contributed by atoms with van der Waals surface area (Å²) < 4.78 is 14.9. The lowest BCUT2D eigenvalue weighted by molar-refractivity contribution is 0.0937. The third-order valence-corrected chi connectivity index (χ3v) is 2.68. The van der Waals surface area contributed by atoms with Gasteiger partial charge in [0.2, 0.25) is 0 Å². The molecule has 100 valence electrons. The predicted molar refractivity (Wildman–Crippen MR) is 70.0 cm³/mol. The summed E-state index contributed by atoms with van der Waals surface area (Å²) in [4.78, 5) is 15.9. The zero-order chi connectivity index (χ0) is 13.8. The van der Waals surface area contributed by atoms with Crippen molar-refractivity contribution < 1.29 is 9.18 Å². The monoisotopic (exact) mass is 262 g/mol. The SMILES string of the molecule is CC(Cn1ccnc1)NC(=O)c1cc(F)ccc1N. The van der Waals surface area contributed by atoms with E-state index in [0.717, 1.165) is 6.07 Å². The first-order chi connectivity index (χ1) is 9.06. The lowest BCUT2D eigenvalue weighted by Crippen LogP contribution is -2.35. The molecule has 5 nitrogen and oxygen atoms in total. The molecule has 0 aliphatic heterocycles. The fourth-order valence-corrected chi connectivity index (χ4v) is 1.78. The van der Waals surface area contributed by atoms with Crippen LogP contribution in [-0.4, -0.2) is 21.5 Å². The zero-order valence-corrected chi connectivity index (χ0v) is 10.5. The Morgan fingerprint density at radius 3 is 3.05 bits per heavy atom. The fourth-order valence-electron chi connectivity index (χ4n) is 1.78. The number of benzene rings is 1. The first-order valence-corrected chi connectivity index (χ1v) is 5.88. The number of nitrogens with two attached hydrogens (primary N) is 1. The summed E-state index contributed by atoms with van der Waals surface area (Å²) in [5.41, 5.74) is 6.07. The smallest absolute Gasteiger partial charge is 0.253 e. The van der Waals surface area contributed by atoms with Crippen LogP contribution in [0, 0.1) is 5.82 Å². The summed E-state index contributed by atoms with van der Waals surface area (Å²) >= 11 is 0. The zero-order valence-electron chi connectivity index (χ0n) is 10.5. The molecule has 0 saturated carbocycles. The molecular weight excluding hydrogens is 247 g/mol. The van der Waals surface area contributed by atoms with Gasteiger partial charge in [-0.25, -0.2) is 9.37 Å². The minimum atomic E-state index is -0.485. The molecule has 0 aliphatic rings. The molecule has 3 N–H and O–H groups in total. The standard InChI is InChI=1S/C13H15FN4O/c1-9(7-18-5-4-16-8-18)17-13(19)11-6-10(14)2-3-12(11)15/h2-6,8-9H,7,15H2,1H3,(H,17,19). The highest BCUT2D eigenvalue weighted by Crippen LogP contribution is 2.13. The van der Waals surface area contributed by atoms with Crippen molar-refractivity contribution in [3.63, 3.8) is 0 Å². The average Bonchev–Trinajstić information content (AvgIpc) is 2.84. The van der Waals surface area contributed by atoms with E-state index in [9.17, 15) is 9.18 Å². The van der Waals surface area contributed by atoms with Crippen molar-refractivity contribution in [1.82, 2.24) is 14.9 Å². The van der Waals surface area contributed by atoms with Crippen LogP contribution in [0.5, 0.6) is 0 Å². The molecule has 2 rings (SSSR count). The molecule has 1 aromatic carbocycles. The number of hydrogen-bond acceptors (Lipinski definition) is 3. The number of rotatable bonds is 4. The van der Waals surface area contributed by atoms with Crippen molar-refractivity contribution in [3.8, 4) is 0 Å². The minimum absolute atomic E-state index is 0.121. The number of nitrogens with one attached hydrogen (secondary N) is 1. The molecule has 19 heavy (non-hydrogen) atoms. The van der Waals surface area contributed by atoms with E-state index >= 15 is 0 Å². The van der Waals surface area contributed by atoms with Crippen molar-refractivity contribution >= 4 is 11.6 Å². The summed E-state index contributed by atoms with van der Waals surface area (Å²) in [7, 11) is 0. The van der Waals surface area contributed by atoms with E-state index in [-0.39, 0.29) is 23.2 Å². The van der Waals surface area contributed by atoms with Crippen molar-refractivity contribution in [2.75, 3.05) is 5.73 Å². The van der Waals surface area contributed by atoms with Gasteiger partial charge in [-0.1, -0.05) is 0 Å². The second-order valence-electron chi connectivity index (χ2n) is 4.37. The van der Waals surface area contributed by atoms with Gasteiger partial charge in [-0.05, 0) is 25.1 Å². The van der Waals surface area contributed by atoms with Crippen LogP contribution in [-0.2, 0) is 6.54 Å². The van der Waals surface area contributed by atoms with Gasteiger partial charge in [-0.2, -0.15) is 0 Å². The molecule has 0 saturated heterocycles. The number of nitrogens with zero attached hydrogens (tertiary/aromatic N) is 2. The lowest BCUT2D eigenvalue weighted by atomic mass is 10.1. The summed E-state index contributed by atoms with van der Waals surface area (Å²) in [6.07, 6.45) is 5.14. The topological polar surface area (TPSA) is 72.9 Å². The minimum Gasteiger partial charge on any atom is -0.398 e. The molecule has 0 aliphatic carbocycles. The number of anilines is 1. The number of carbonyl (C=O) groups excluding carboxylic acids is 1. The summed E-state index contributed by atoms with van der Waals surface area (Å²) in [5, 5.41) is 2.77. The fraction of sp³-hybridized carbons (Fsp3) is 0.231. The Labute approximate surface area is 110 Å². The Bertz CT molecular complexity index is 568. The highest BCUT2D eigenvalue weighted by atomic mass is 19.1. The van der Waals surface area contributed by atoms with E-state index in [0.29, 0.717) is 6.54 Å². The number of nitrogen functional groups attached to an aromatic ring is 1. The van der Waals surface area contributed by atoms with Crippen LogP contribution in [0.3, 0.4) is 0 Å². The highest BCUT2D eigenvalue weighted by Gasteiger charge is 2.13. The lowest BCUT2D eigenvalue weighted by Gasteiger charge is -2.15. The normalized spacial score (nSPS) is 12.1. The molecule has 0 fully saturated rings. The van der Waals surface area contributed by atoms with Gasteiger partial charge in [-0.15, -0.1) is 0 Å². The number of aromatic nitrogens is 2. The molecule has 1 atom stereocenters. The van der Waals surface area contributed by atoms with Gasteiger partial charge in [0.05, 0.1) is 11.9 Å². The molecule has 1 amide bonds. The molecule has 1 unspecified atom stereocenters. The Morgan fingerprint density at radius 1 is 1.58 bits per heavy atom. The van der Waals surface area contributed by atoms with E-state index in [1.165, 1.54) is 12.1 Å². The van der Waals surface area contributed by atoms with Gasteiger partial charge in [0.1, 0.15) is 5.82 Å². The van der Waals surface area contributed by atoms with Gasteiger partial charge in [-0.3, -0.25) is 4.79 Å². The highest BCUT2D eigenvalue weighted by molar-refractivity contribution is 5.99. The van der Waals surface area contributed by atoms with Gasteiger partial charge in [0, 0.05) is 30.7 Å². The van der Waals surface area contributed by atoms with Gasteiger partial charge >= 0.3 is 0 Å². The number of hydrogen-bond donors (Lipinski definition) is 2. The van der Waals surface area contributed by atoms with Crippen molar-refractivity contribution in [2.45, 2.75) is 19.5 Å². The first kappa shape index (κ1) is 13.1. The Balaban J connectivity index is 2.02. The molecule has 0 bridgehead atoms. The van der Waals surface area contributed by atoms with Crippen LogP contribution in [0.15, 0.2) is 36.9 Å². The summed E-state index contributed by atoms with van der Waals surface area (Å²) in [5.74, 6) is -0.869. The number of carbonyl (C=O) groups is 1. The Kier molecular flexibility index (Phi) is 3.79. The van der Waals surface area contributed by atoms with Gasteiger partial charge in [0.15, 0.2) is 0 Å². The van der Waals surface area contributed by atoms with Gasteiger partial charge in [0.25, 0.3) is 5.91 Å². The van der Waals surface area contributed by atoms with Crippen LogP contribution in [0.2, 0.25) is 0 Å². The van der Waals surface area contributed by atoms with E-state index in [2.05, 4.69) is 10.3 Å². The second kappa shape index (κ2) is 5.51. The molecule has 1 heterocycles. The quantitative estimate of drug-likeness (QED) is 0.818. The number of amides is 1. The van der Waals surface area contributed by atoms with Crippen molar-refractivity contribution in [3.05, 3.63) is 48.3 Å². The van der Waals surface area contributed by atoms with Crippen LogP contribution in [0.25, 0.3) is 0 Å². The molecule has 1 aromatic heterocycles. The predicted octanol–water partition coefficient (Wildman–Crippen LogP) is 1.42. The Morgan fingerprint density at radius 2 is 2.37 bits per heavy atom. The van der Waals surface area contributed by atoms with E-state index < -0.39 is 5.82 Å². The average molecular weight is 262 g/mol. The van der Waals surface area contributed by atoms with Gasteiger partial charge < -0.3 is 15.6 Å². The van der Waals surface area contributed by atoms with Crippen molar-refractivity contribution in [1.29, 1.82) is 0 Å². The van der Waals surface area contributed by atoms with Crippen LogP contribution in [0.4, 0.5) is 10.1 Å². The maximum atomic E-state index is 13.1. The van der Waals surface area contributed by atoms with E-state index in [4.69, 9.17) is 5.73 Å². The van der Waals surface area contributed by atoms with E-state index in [1.807, 2.05) is 11.5 Å². The number of imidazole rings is 1. The number of halogens is 1. The Hall–Kier alpha value is -2.37. The molecule has 6 heteroatoms. The van der Waals surface area contributed by atoms with Crippen LogP contribution in [0.1, 0.15) is 17.3 Å². The third-order valence-electron chi connectivity index (χ3n) is 2.68. The molecule has 0 spiro atoms. The molecule has 0 radical (unpaired) electrons. The van der Waals surface area contributed by atoms with Crippen LogP contribution < -0.4 is 11.1 Å². The second-order valence-corrected chi connectivity index (χ2v) is 4.37. The maximum Gasteiger partial charge on any atom is 0.253 e. The molecular formula is C13H15FN4O. The molecule has 2 aromatic rings. The summed E-state index contributed by atoms with van der Waals surface area (Å²) in [6.45, 7) is 2.44. The third kappa shape index (κ3) is 3.31. The van der Waals surface area contributed by atoms with E-state index in [1.54, 1.807) is 18.7 Å². The van der Waals surface area contributed by atoms with Crippen LogP contribution >= 0.6 is 0 Å². The first-order valence-electron chi connectivity index (χ1n) is 5.88. The van der Waals surface area contributed by atoms with Crippen molar-refractivity contribution in [2.24, 2.45) is 0 Å². The summed E-state index contributed by atoms with van der Waals surface area (Å²) in [6, 6.07) is 3.62. The largest absolute Gasteiger partial charge is 0.398 e. The maximum absolute atomic E-state index is 13.1.